The Morgan fingerprint density at radius 2 is 1.96 bits per heavy atom. The third kappa shape index (κ3) is 5.75. The van der Waals surface area contributed by atoms with E-state index in [1.54, 1.807) is 0 Å². The van der Waals surface area contributed by atoms with Crippen molar-refractivity contribution >= 4 is 12.2 Å². The summed E-state index contributed by atoms with van der Waals surface area (Å²) in [5.41, 5.74) is 0.244. The van der Waals surface area contributed by atoms with Crippen LogP contribution in [0.1, 0.15) is 16.8 Å². The van der Waals surface area contributed by atoms with Gasteiger partial charge in [-0.05, 0) is 23.8 Å². The molecule has 0 aliphatic carbocycles. The molecule has 2 rings (SSSR count). The zero-order chi connectivity index (χ0) is 17.4. The molecule has 0 saturated carbocycles. The van der Waals surface area contributed by atoms with Gasteiger partial charge in [-0.15, -0.1) is 0 Å². The van der Waals surface area contributed by atoms with E-state index in [1.807, 2.05) is 30.3 Å². The highest BCUT2D eigenvalue weighted by Crippen LogP contribution is 2.29. The predicted octanol–water partition coefficient (Wildman–Crippen LogP) is 4.04. The number of aromatic nitrogens is 1. The minimum absolute atomic E-state index is 0.117. The van der Waals surface area contributed by atoms with Crippen LogP contribution in [0.15, 0.2) is 54.7 Å². The molecule has 0 aliphatic rings. The van der Waals surface area contributed by atoms with E-state index in [9.17, 15) is 18.0 Å². The van der Waals surface area contributed by atoms with Gasteiger partial charge in [0.25, 0.3) is 0 Å². The standard InChI is InChI=1S/C17H15F3N2O2/c18-17(19,20)14-8-10-21-15(11-14)7-4-9-22-16(23)24-12-13-5-2-1-3-6-13/h1-8,10-11H,9,12H2,(H,22,23). The summed E-state index contributed by atoms with van der Waals surface area (Å²) in [6, 6.07) is 11.0. The molecule has 24 heavy (non-hydrogen) atoms. The van der Waals surface area contributed by atoms with Gasteiger partial charge >= 0.3 is 12.3 Å². The van der Waals surface area contributed by atoms with Crippen LogP contribution < -0.4 is 5.32 Å². The molecular weight excluding hydrogens is 321 g/mol. The van der Waals surface area contributed by atoms with Crippen LogP contribution in [0.25, 0.3) is 6.08 Å². The van der Waals surface area contributed by atoms with Crippen LogP contribution in [-0.2, 0) is 17.5 Å². The monoisotopic (exact) mass is 336 g/mol. The molecule has 0 fully saturated rings. The van der Waals surface area contributed by atoms with E-state index < -0.39 is 17.8 Å². The number of benzene rings is 1. The number of carbonyl (C=O) groups excluding carboxylic acids is 1. The molecule has 0 bridgehead atoms. The Bertz CT molecular complexity index is 700. The number of ether oxygens (including phenoxy) is 1. The van der Waals surface area contributed by atoms with Gasteiger partial charge < -0.3 is 10.1 Å². The van der Waals surface area contributed by atoms with Crippen molar-refractivity contribution in [3.05, 3.63) is 71.6 Å². The minimum atomic E-state index is -4.41. The van der Waals surface area contributed by atoms with Crippen molar-refractivity contribution in [3.8, 4) is 0 Å². The molecule has 0 saturated heterocycles. The van der Waals surface area contributed by atoms with Crippen molar-refractivity contribution < 1.29 is 22.7 Å². The average Bonchev–Trinajstić information content (AvgIpc) is 2.57. The Hall–Kier alpha value is -2.83. The average molecular weight is 336 g/mol. The molecule has 1 heterocycles. The number of nitrogens with one attached hydrogen (secondary N) is 1. The molecule has 2 aromatic rings. The summed E-state index contributed by atoms with van der Waals surface area (Å²) in [6.45, 7) is 0.261. The Morgan fingerprint density at radius 3 is 2.67 bits per heavy atom. The maximum atomic E-state index is 12.6. The number of alkyl carbamates (subject to hydrolysis) is 1. The van der Waals surface area contributed by atoms with Crippen LogP contribution in [0.3, 0.4) is 0 Å². The van der Waals surface area contributed by atoms with Crippen LogP contribution in [-0.4, -0.2) is 17.6 Å². The zero-order valence-electron chi connectivity index (χ0n) is 12.6. The molecule has 1 amide bonds. The maximum absolute atomic E-state index is 12.6. The van der Waals surface area contributed by atoms with Gasteiger partial charge in [0, 0.05) is 12.7 Å². The van der Waals surface area contributed by atoms with Crippen molar-refractivity contribution in [2.75, 3.05) is 6.54 Å². The van der Waals surface area contributed by atoms with E-state index in [0.717, 1.165) is 23.9 Å². The Balaban J connectivity index is 1.77. The summed E-state index contributed by atoms with van der Waals surface area (Å²) < 4.78 is 42.7. The first-order valence-corrected chi connectivity index (χ1v) is 7.09. The molecule has 0 aliphatic heterocycles. The van der Waals surface area contributed by atoms with Crippen LogP contribution in [0.2, 0.25) is 0 Å². The number of alkyl halides is 3. The first-order valence-electron chi connectivity index (χ1n) is 7.09. The Kier molecular flexibility index (Phi) is 5.95. The lowest BCUT2D eigenvalue weighted by molar-refractivity contribution is -0.137. The van der Waals surface area contributed by atoms with Crippen molar-refractivity contribution in [3.63, 3.8) is 0 Å². The highest BCUT2D eigenvalue weighted by Gasteiger charge is 2.30. The molecule has 0 unspecified atom stereocenters. The van der Waals surface area contributed by atoms with E-state index in [1.165, 1.54) is 12.2 Å². The number of rotatable bonds is 5. The smallest absolute Gasteiger partial charge is 0.416 e. The van der Waals surface area contributed by atoms with E-state index in [2.05, 4.69) is 10.3 Å². The lowest BCUT2D eigenvalue weighted by Crippen LogP contribution is -2.24. The first kappa shape index (κ1) is 17.5. The lowest BCUT2D eigenvalue weighted by atomic mass is 10.2. The summed E-state index contributed by atoms with van der Waals surface area (Å²) >= 11 is 0. The largest absolute Gasteiger partial charge is 0.445 e. The molecule has 7 heteroatoms. The number of halogens is 3. The Morgan fingerprint density at radius 1 is 1.21 bits per heavy atom. The molecule has 126 valence electrons. The summed E-state index contributed by atoms with van der Waals surface area (Å²) in [7, 11) is 0. The van der Waals surface area contributed by atoms with Crippen LogP contribution >= 0.6 is 0 Å². The summed E-state index contributed by atoms with van der Waals surface area (Å²) in [6.07, 6.45) is -1.05. The molecule has 1 N–H and O–H groups in total. The molecule has 0 spiro atoms. The number of hydrogen-bond acceptors (Lipinski definition) is 3. The van der Waals surface area contributed by atoms with E-state index in [-0.39, 0.29) is 18.8 Å². The lowest BCUT2D eigenvalue weighted by Gasteiger charge is -2.06. The Labute approximate surface area is 137 Å². The first-order chi connectivity index (χ1) is 11.4. The summed E-state index contributed by atoms with van der Waals surface area (Å²) in [4.78, 5) is 15.3. The quantitative estimate of drug-likeness (QED) is 0.896. The van der Waals surface area contributed by atoms with Crippen LogP contribution in [0.5, 0.6) is 0 Å². The van der Waals surface area contributed by atoms with Crippen LogP contribution in [0, 0.1) is 0 Å². The zero-order valence-corrected chi connectivity index (χ0v) is 12.6. The van der Waals surface area contributed by atoms with Crippen molar-refractivity contribution in [1.82, 2.24) is 10.3 Å². The fraction of sp³-hybridized carbons (Fsp3) is 0.176. The SMILES string of the molecule is O=C(NCC=Cc1cc(C(F)(F)F)ccn1)OCc1ccccc1. The van der Waals surface area contributed by atoms with E-state index >= 15 is 0 Å². The molecule has 0 radical (unpaired) electrons. The second-order valence-electron chi connectivity index (χ2n) is 4.81. The number of nitrogens with zero attached hydrogens (tertiary/aromatic N) is 1. The highest BCUT2D eigenvalue weighted by molar-refractivity contribution is 5.67. The molecule has 1 aromatic carbocycles. The van der Waals surface area contributed by atoms with Gasteiger partial charge in [0.15, 0.2) is 0 Å². The van der Waals surface area contributed by atoms with Gasteiger partial charge in [0.05, 0.1) is 11.3 Å². The van der Waals surface area contributed by atoms with Crippen molar-refractivity contribution in [2.45, 2.75) is 12.8 Å². The van der Waals surface area contributed by atoms with Gasteiger partial charge in [-0.1, -0.05) is 36.4 Å². The van der Waals surface area contributed by atoms with Crippen LogP contribution in [0.4, 0.5) is 18.0 Å². The second-order valence-corrected chi connectivity index (χ2v) is 4.81. The third-order valence-electron chi connectivity index (χ3n) is 2.97. The molecule has 4 nitrogen and oxygen atoms in total. The number of carbonyl (C=O) groups is 1. The number of hydrogen-bond donors (Lipinski definition) is 1. The van der Waals surface area contributed by atoms with Gasteiger partial charge in [-0.3, -0.25) is 4.98 Å². The molecular formula is C17H15F3N2O2. The molecule has 1 aromatic heterocycles. The summed E-state index contributed by atoms with van der Waals surface area (Å²) in [5.74, 6) is 0. The molecule has 0 atom stereocenters. The normalized spacial score (nSPS) is 11.5. The van der Waals surface area contributed by atoms with Gasteiger partial charge in [-0.25, -0.2) is 4.79 Å². The van der Waals surface area contributed by atoms with Crippen molar-refractivity contribution in [1.29, 1.82) is 0 Å². The minimum Gasteiger partial charge on any atom is -0.445 e. The van der Waals surface area contributed by atoms with Gasteiger partial charge in [-0.2, -0.15) is 13.2 Å². The van der Waals surface area contributed by atoms with E-state index in [4.69, 9.17) is 4.74 Å². The number of pyridine rings is 1. The third-order valence-corrected chi connectivity index (χ3v) is 2.97. The number of amides is 1. The fourth-order valence-electron chi connectivity index (χ4n) is 1.81. The summed E-state index contributed by atoms with van der Waals surface area (Å²) in [5, 5.41) is 2.47. The highest BCUT2D eigenvalue weighted by atomic mass is 19.4. The maximum Gasteiger partial charge on any atom is 0.416 e. The van der Waals surface area contributed by atoms with Gasteiger partial charge in [0.1, 0.15) is 6.61 Å². The fourth-order valence-corrected chi connectivity index (χ4v) is 1.81. The van der Waals surface area contributed by atoms with E-state index in [0.29, 0.717) is 0 Å². The van der Waals surface area contributed by atoms with Crippen molar-refractivity contribution in [2.24, 2.45) is 0 Å². The second kappa shape index (κ2) is 8.14. The topological polar surface area (TPSA) is 51.2 Å². The predicted molar refractivity (Wildman–Crippen MR) is 82.9 cm³/mol. The van der Waals surface area contributed by atoms with Gasteiger partial charge in [0.2, 0.25) is 0 Å².